The average molecular weight is 226 g/mol. The van der Waals surface area contributed by atoms with Gasteiger partial charge in [0.1, 0.15) is 5.78 Å². The van der Waals surface area contributed by atoms with Crippen LogP contribution in [0.25, 0.3) is 0 Å². The normalized spacial score (nSPS) is 23.6. The van der Waals surface area contributed by atoms with Crippen molar-refractivity contribution in [3.8, 4) is 0 Å². The van der Waals surface area contributed by atoms with Crippen LogP contribution in [0.1, 0.15) is 39.5 Å². The molecule has 16 heavy (non-hydrogen) atoms. The first-order valence-corrected chi connectivity index (χ1v) is 6.55. The van der Waals surface area contributed by atoms with Gasteiger partial charge in [-0.1, -0.05) is 6.92 Å². The summed E-state index contributed by atoms with van der Waals surface area (Å²) in [5.41, 5.74) is 0. The van der Waals surface area contributed by atoms with Crippen molar-refractivity contribution >= 4 is 5.78 Å². The van der Waals surface area contributed by atoms with E-state index in [2.05, 4.69) is 23.8 Å². The lowest BCUT2D eigenvalue weighted by molar-refractivity contribution is -0.117. The Labute approximate surface area is 99.8 Å². The minimum absolute atomic E-state index is 0.324. The van der Waals surface area contributed by atoms with E-state index in [0.717, 1.165) is 25.4 Å². The Morgan fingerprint density at radius 1 is 1.31 bits per heavy atom. The minimum atomic E-state index is 0.324. The van der Waals surface area contributed by atoms with Gasteiger partial charge in [0.25, 0.3) is 0 Å². The van der Waals surface area contributed by atoms with Gasteiger partial charge < -0.3 is 14.6 Å². The lowest BCUT2D eigenvalue weighted by Crippen LogP contribution is -2.51. The quantitative estimate of drug-likeness (QED) is 0.645. The van der Waals surface area contributed by atoms with Gasteiger partial charge in [0.2, 0.25) is 0 Å². The maximum Gasteiger partial charge on any atom is 0.129 e. The smallest absolute Gasteiger partial charge is 0.129 e. The van der Waals surface area contributed by atoms with Crippen LogP contribution < -0.4 is 0 Å². The number of hydrogen-bond donors (Lipinski definition) is 0. The molecular weight excluding hydrogens is 200 g/mol. The number of carbonyl (C=O) groups excluding carboxylic acids is 1. The molecule has 3 nitrogen and oxygen atoms in total. The van der Waals surface area contributed by atoms with Crippen molar-refractivity contribution in [3.63, 3.8) is 0 Å². The second kappa shape index (κ2) is 7.02. The number of carbonyl (C=O) groups is 1. The van der Waals surface area contributed by atoms with Gasteiger partial charge >= 0.3 is 0 Å². The van der Waals surface area contributed by atoms with Gasteiger partial charge in [-0.15, -0.1) is 0 Å². The Balaban J connectivity index is 2.15. The molecule has 94 valence electrons. The highest BCUT2D eigenvalue weighted by Gasteiger charge is 2.21. The highest BCUT2D eigenvalue weighted by Crippen LogP contribution is 2.11. The summed E-state index contributed by atoms with van der Waals surface area (Å²) in [6.07, 6.45) is 4.21. The molecule has 0 spiro atoms. The second-order valence-corrected chi connectivity index (χ2v) is 5.00. The Morgan fingerprint density at radius 3 is 2.69 bits per heavy atom. The second-order valence-electron chi connectivity index (χ2n) is 5.00. The molecule has 1 aliphatic rings. The summed E-state index contributed by atoms with van der Waals surface area (Å²) < 4.78 is 0. The van der Waals surface area contributed by atoms with E-state index in [1.807, 2.05) is 0 Å². The van der Waals surface area contributed by atoms with Crippen LogP contribution in [0.4, 0.5) is 0 Å². The van der Waals surface area contributed by atoms with Crippen LogP contribution in [0.5, 0.6) is 0 Å². The first-order chi connectivity index (χ1) is 7.63. The number of piperazine rings is 1. The van der Waals surface area contributed by atoms with Crippen LogP contribution in [0.3, 0.4) is 0 Å². The number of unbranched alkanes of at least 4 members (excludes halogenated alkanes) is 1. The Bertz CT molecular complexity index is 218. The molecule has 1 fully saturated rings. The van der Waals surface area contributed by atoms with Gasteiger partial charge in [-0.05, 0) is 39.8 Å². The van der Waals surface area contributed by atoms with Gasteiger partial charge in [0, 0.05) is 32.1 Å². The van der Waals surface area contributed by atoms with Crippen molar-refractivity contribution in [1.82, 2.24) is 9.80 Å². The summed E-state index contributed by atoms with van der Waals surface area (Å²) in [5.74, 6) is 0.324. The summed E-state index contributed by atoms with van der Waals surface area (Å²) >= 11 is 0. The van der Waals surface area contributed by atoms with Crippen molar-refractivity contribution in [2.45, 2.75) is 45.6 Å². The molecule has 1 heterocycles. The molecule has 0 bridgehead atoms. The molecule has 0 amide bonds. The standard InChI is InChI=1S/C13H26N2O/c1-4-13-11-15(10-9-14(13)3)8-6-5-7-12(2)16/h13H,4-11H2,1-3H3. The SMILES string of the molecule is CCC1CN(CCCCC(C)=O)CCN1C. The highest BCUT2D eigenvalue weighted by atomic mass is 16.1. The summed E-state index contributed by atoms with van der Waals surface area (Å²) in [7, 11) is 2.22. The molecule has 3 heteroatoms. The van der Waals surface area contributed by atoms with Crippen molar-refractivity contribution in [3.05, 3.63) is 0 Å². The van der Waals surface area contributed by atoms with E-state index in [1.54, 1.807) is 6.92 Å². The largest absolute Gasteiger partial charge is 0.301 e. The number of rotatable bonds is 6. The number of hydrogen-bond acceptors (Lipinski definition) is 3. The topological polar surface area (TPSA) is 23.6 Å². The van der Waals surface area contributed by atoms with E-state index in [0.29, 0.717) is 5.78 Å². The monoisotopic (exact) mass is 226 g/mol. The molecule has 0 radical (unpaired) electrons. The zero-order valence-electron chi connectivity index (χ0n) is 11.0. The van der Waals surface area contributed by atoms with Crippen molar-refractivity contribution in [2.24, 2.45) is 0 Å². The highest BCUT2D eigenvalue weighted by molar-refractivity contribution is 5.75. The maximum atomic E-state index is 10.8. The molecule has 1 atom stereocenters. The van der Waals surface area contributed by atoms with Crippen LogP contribution >= 0.6 is 0 Å². The third kappa shape index (κ3) is 4.62. The zero-order valence-corrected chi connectivity index (χ0v) is 11.0. The Morgan fingerprint density at radius 2 is 2.06 bits per heavy atom. The molecule has 1 unspecified atom stereocenters. The van der Waals surface area contributed by atoms with Gasteiger partial charge in [-0.2, -0.15) is 0 Å². The van der Waals surface area contributed by atoms with Gasteiger partial charge in [-0.3, -0.25) is 0 Å². The first-order valence-electron chi connectivity index (χ1n) is 6.55. The van der Waals surface area contributed by atoms with Gasteiger partial charge in [0.15, 0.2) is 0 Å². The van der Waals surface area contributed by atoms with E-state index < -0.39 is 0 Å². The fourth-order valence-electron chi connectivity index (χ4n) is 2.36. The van der Waals surface area contributed by atoms with Gasteiger partial charge in [-0.25, -0.2) is 0 Å². The summed E-state index contributed by atoms with van der Waals surface area (Å²) in [4.78, 5) is 15.8. The summed E-state index contributed by atoms with van der Waals surface area (Å²) in [6, 6.07) is 0.724. The van der Waals surface area contributed by atoms with Crippen LogP contribution in [0.2, 0.25) is 0 Å². The molecule has 0 N–H and O–H groups in total. The molecule has 1 rings (SSSR count). The van der Waals surface area contributed by atoms with Crippen LogP contribution in [-0.4, -0.2) is 54.9 Å². The number of ketones is 1. The van der Waals surface area contributed by atoms with Crippen LogP contribution in [-0.2, 0) is 4.79 Å². The van der Waals surface area contributed by atoms with E-state index >= 15 is 0 Å². The fourth-order valence-corrected chi connectivity index (χ4v) is 2.36. The lowest BCUT2D eigenvalue weighted by Gasteiger charge is -2.39. The molecule has 1 saturated heterocycles. The van der Waals surface area contributed by atoms with E-state index in [4.69, 9.17) is 0 Å². The average Bonchev–Trinajstić information content (AvgIpc) is 2.26. The summed E-state index contributed by atoms with van der Waals surface area (Å²) in [6.45, 7) is 8.69. The predicted molar refractivity (Wildman–Crippen MR) is 67.7 cm³/mol. The molecule has 1 aliphatic heterocycles. The molecule has 0 aromatic heterocycles. The summed E-state index contributed by atoms with van der Waals surface area (Å²) in [5, 5.41) is 0. The zero-order chi connectivity index (χ0) is 12.0. The van der Waals surface area contributed by atoms with Gasteiger partial charge in [0.05, 0.1) is 0 Å². The molecule has 0 aromatic carbocycles. The van der Waals surface area contributed by atoms with Crippen LogP contribution in [0.15, 0.2) is 0 Å². The van der Waals surface area contributed by atoms with Crippen LogP contribution in [0, 0.1) is 0 Å². The lowest BCUT2D eigenvalue weighted by atomic mass is 10.1. The number of nitrogens with zero attached hydrogens (tertiary/aromatic N) is 2. The van der Waals surface area contributed by atoms with Crippen molar-refractivity contribution < 1.29 is 4.79 Å². The third-order valence-electron chi connectivity index (χ3n) is 3.59. The first kappa shape index (κ1) is 13.7. The fraction of sp³-hybridized carbons (Fsp3) is 0.923. The molecule has 0 aliphatic carbocycles. The number of Topliss-reactive ketones (excluding diaryl/α,β-unsaturated/α-hetero) is 1. The Kier molecular flexibility index (Phi) is 5.99. The van der Waals surface area contributed by atoms with E-state index in [1.165, 1.54) is 32.5 Å². The van der Waals surface area contributed by atoms with Crippen molar-refractivity contribution in [1.29, 1.82) is 0 Å². The molecule has 0 aromatic rings. The molecular formula is C13H26N2O. The van der Waals surface area contributed by atoms with E-state index in [-0.39, 0.29) is 0 Å². The third-order valence-corrected chi connectivity index (χ3v) is 3.59. The molecule has 0 saturated carbocycles. The van der Waals surface area contributed by atoms with Crippen molar-refractivity contribution in [2.75, 3.05) is 33.2 Å². The Hall–Kier alpha value is -0.410. The number of likely N-dealkylation sites (N-methyl/N-ethyl adjacent to an activating group) is 1. The predicted octanol–water partition coefficient (Wildman–Crippen LogP) is 1.77. The maximum absolute atomic E-state index is 10.8. The van der Waals surface area contributed by atoms with E-state index in [9.17, 15) is 4.79 Å². The minimum Gasteiger partial charge on any atom is -0.301 e.